The van der Waals surface area contributed by atoms with Gasteiger partial charge in [0.1, 0.15) is 17.9 Å². The summed E-state index contributed by atoms with van der Waals surface area (Å²) in [6.07, 6.45) is 1.21. The number of piperazine rings is 1. The van der Waals surface area contributed by atoms with Gasteiger partial charge in [-0.05, 0) is 25.8 Å². The maximum atomic E-state index is 13.6. The molecule has 12 nitrogen and oxygen atoms in total. The lowest BCUT2D eigenvalue weighted by atomic mass is 10.1. The van der Waals surface area contributed by atoms with Crippen molar-refractivity contribution in [2.45, 2.75) is 45.7 Å². The zero-order valence-corrected chi connectivity index (χ0v) is 24.3. The summed E-state index contributed by atoms with van der Waals surface area (Å²) in [5.74, 6) is 0.899. The number of aromatic nitrogens is 2. The zero-order valence-electron chi connectivity index (χ0n) is 23.5. The molecule has 2 aromatic rings. The van der Waals surface area contributed by atoms with Gasteiger partial charge in [0.2, 0.25) is 17.8 Å². The van der Waals surface area contributed by atoms with Crippen LogP contribution in [0.25, 0.3) is 10.9 Å². The lowest BCUT2D eigenvalue weighted by Gasteiger charge is -2.35. The summed E-state index contributed by atoms with van der Waals surface area (Å²) in [5, 5.41) is 6.66. The highest BCUT2D eigenvalue weighted by atomic mass is 32.2. The van der Waals surface area contributed by atoms with E-state index in [2.05, 4.69) is 10.6 Å². The molecule has 2 aliphatic heterocycles. The third kappa shape index (κ3) is 6.30. The standard InChI is InChI=1S/C27H36N6O6S/c1-15(14-40-17(3)35)26(37)32-9-6-7-20(32)25(36)30-24-18-11-22(38-4)23(39-5)12-19(18)29-27(31-24)33-10-8-28-13-21(33)16(2)34/h11-12,15,20-21,28H,6-10,13-14H2,1-5H3,(H,29,30,31,36). The molecule has 13 heteroatoms. The Kier molecular flexibility index (Phi) is 9.46. The fourth-order valence-corrected chi connectivity index (χ4v) is 5.70. The Labute approximate surface area is 237 Å². The van der Waals surface area contributed by atoms with Gasteiger partial charge in [0, 0.05) is 56.2 Å². The van der Waals surface area contributed by atoms with Crippen molar-refractivity contribution in [1.82, 2.24) is 20.2 Å². The number of anilines is 2. The Morgan fingerprint density at radius 1 is 1.10 bits per heavy atom. The van der Waals surface area contributed by atoms with Crippen LogP contribution in [0.4, 0.5) is 11.8 Å². The summed E-state index contributed by atoms with van der Waals surface area (Å²) in [6.45, 7) is 6.86. The molecule has 0 spiro atoms. The number of ketones is 1. The largest absolute Gasteiger partial charge is 0.493 e. The molecule has 2 aliphatic rings. The van der Waals surface area contributed by atoms with Crippen LogP contribution in [0.2, 0.25) is 0 Å². The van der Waals surface area contributed by atoms with Crippen molar-refractivity contribution in [3.8, 4) is 11.5 Å². The van der Waals surface area contributed by atoms with Crippen LogP contribution in [-0.2, 0) is 19.2 Å². The van der Waals surface area contributed by atoms with E-state index >= 15 is 0 Å². The number of nitrogens with one attached hydrogen (secondary N) is 2. The molecule has 3 heterocycles. The highest BCUT2D eigenvalue weighted by molar-refractivity contribution is 8.13. The number of hydrogen-bond donors (Lipinski definition) is 2. The molecule has 0 saturated carbocycles. The van der Waals surface area contributed by atoms with Gasteiger partial charge < -0.3 is 29.9 Å². The van der Waals surface area contributed by atoms with E-state index in [4.69, 9.17) is 19.4 Å². The second-order valence-electron chi connectivity index (χ2n) is 10.0. The number of rotatable bonds is 9. The summed E-state index contributed by atoms with van der Waals surface area (Å²) < 4.78 is 10.9. The van der Waals surface area contributed by atoms with E-state index in [-0.39, 0.29) is 28.5 Å². The summed E-state index contributed by atoms with van der Waals surface area (Å²) in [7, 11) is 3.04. The van der Waals surface area contributed by atoms with Gasteiger partial charge in [-0.1, -0.05) is 18.7 Å². The predicted molar refractivity (Wildman–Crippen MR) is 153 cm³/mol. The number of thioether (sulfide) groups is 1. The van der Waals surface area contributed by atoms with Gasteiger partial charge in [-0.25, -0.2) is 4.98 Å². The Bertz CT molecular complexity index is 1310. The van der Waals surface area contributed by atoms with E-state index in [1.807, 2.05) is 4.90 Å². The third-order valence-electron chi connectivity index (χ3n) is 7.20. The van der Waals surface area contributed by atoms with Crippen LogP contribution in [0.15, 0.2) is 12.1 Å². The van der Waals surface area contributed by atoms with Gasteiger partial charge >= 0.3 is 0 Å². The molecule has 40 heavy (non-hydrogen) atoms. The van der Waals surface area contributed by atoms with Gasteiger partial charge in [0.25, 0.3) is 0 Å². The Hall–Kier alpha value is -3.45. The molecule has 4 rings (SSSR count). The first-order valence-corrected chi connectivity index (χ1v) is 14.3. The van der Waals surface area contributed by atoms with Crippen molar-refractivity contribution in [3.05, 3.63) is 12.1 Å². The maximum absolute atomic E-state index is 13.6. The normalized spacial score (nSPS) is 19.8. The van der Waals surface area contributed by atoms with Crippen LogP contribution in [-0.4, -0.2) is 95.8 Å². The van der Waals surface area contributed by atoms with E-state index in [1.165, 1.54) is 28.1 Å². The summed E-state index contributed by atoms with van der Waals surface area (Å²) in [5.41, 5.74) is 0.507. The smallest absolute Gasteiger partial charge is 0.248 e. The van der Waals surface area contributed by atoms with Gasteiger partial charge in [-0.2, -0.15) is 4.98 Å². The van der Waals surface area contributed by atoms with E-state index in [9.17, 15) is 19.2 Å². The number of benzene rings is 1. The number of carbonyl (C=O) groups excluding carboxylic acids is 4. The lowest BCUT2D eigenvalue weighted by Crippen LogP contribution is -2.55. The van der Waals surface area contributed by atoms with Gasteiger partial charge in [0.15, 0.2) is 22.4 Å². The van der Waals surface area contributed by atoms with Gasteiger partial charge in [-0.15, -0.1) is 0 Å². The predicted octanol–water partition coefficient (Wildman–Crippen LogP) is 1.86. The van der Waals surface area contributed by atoms with E-state index in [0.29, 0.717) is 73.1 Å². The number of nitrogens with zero attached hydrogens (tertiary/aromatic N) is 4. The Morgan fingerprint density at radius 3 is 2.50 bits per heavy atom. The average molecular weight is 573 g/mol. The highest BCUT2D eigenvalue weighted by Crippen LogP contribution is 2.36. The molecular formula is C27H36N6O6S. The number of hydrogen-bond acceptors (Lipinski definition) is 11. The van der Waals surface area contributed by atoms with Crippen molar-refractivity contribution in [1.29, 1.82) is 0 Å². The monoisotopic (exact) mass is 572 g/mol. The van der Waals surface area contributed by atoms with Crippen LogP contribution in [0.1, 0.15) is 33.6 Å². The third-order valence-corrected chi connectivity index (χ3v) is 8.27. The molecule has 0 radical (unpaired) electrons. The molecule has 1 aromatic carbocycles. The fourth-order valence-electron chi connectivity index (χ4n) is 5.07. The average Bonchev–Trinajstić information content (AvgIpc) is 3.44. The molecule has 2 amide bonds. The first kappa shape index (κ1) is 29.5. The van der Waals surface area contributed by atoms with E-state index in [0.717, 1.165) is 11.8 Å². The Morgan fingerprint density at radius 2 is 1.82 bits per heavy atom. The second kappa shape index (κ2) is 12.8. The molecule has 3 atom stereocenters. The number of ether oxygens (including phenoxy) is 2. The number of carbonyl (C=O) groups is 4. The van der Waals surface area contributed by atoms with Crippen molar-refractivity contribution in [3.63, 3.8) is 0 Å². The SMILES string of the molecule is COc1cc2nc(N3CCNCC3C(C)=O)nc(NC(=O)C3CCCN3C(=O)C(C)CSC(C)=O)c2cc1OC. The molecule has 2 fully saturated rings. The van der Waals surface area contributed by atoms with E-state index in [1.54, 1.807) is 24.0 Å². The molecule has 1 aromatic heterocycles. The molecule has 2 saturated heterocycles. The van der Waals surface area contributed by atoms with Crippen LogP contribution in [0.3, 0.4) is 0 Å². The van der Waals surface area contributed by atoms with Crippen LogP contribution in [0, 0.1) is 5.92 Å². The molecule has 0 bridgehead atoms. The highest BCUT2D eigenvalue weighted by Gasteiger charge is 2.37. The Balaban J connectivity index is 1.69. The molecular weight excluding hydrogens is 536 g/mol. The van der Waals surface area contributed by atoms with Gasteiger partial charge in [-0.3, -0.25) is 19.2 Å². The number of amides is 2. The van der Waals surface area contributed by atoms with Gasteiger partial charge in [0.05, 0.1) is 19.7 Å². The van der Waals surface area contributed by atoms with Crippen LogP contribution >= 0.6 is 11.8 Å². The molecule has 0 aliphatic carbocycles. The minimum atomic E-state index is -0.671. The second-order valence-corrected chi connectivity index (χ2v) is 11.2. The first-order valence-electron chi connectivity index (χ1n) is 13.3. The van der Waals surface area contributed by atoms with Crippen molar-refractivity contribution in [2.75, 3.05) is 56.4 Å². The summed E-state index contributed by atoms with van der Waals surface area (Å²) in [4.78, 5) is 63.5. The number of fused-ring (bicyclic) bond motifs is 1. The van der Waals surface area contributed by atoms with Crippen molar-refractivity contribution in [2.24, 2.45) is 5.92 Å². The number of Topliss-reactive ketones (excluding diaryl/α,β-unsaturated/α-hetero) is 1. The van der Waals surface area contributed by atoms with Crippen molar-refractivity contribution < 1.29 is 28.7 Å². The number of likely N-dealkylation sites (tertiary alicyclic amines) is 1. The summed E-state index contributed by atoms with van der Waals surface area (Å²) >= 11 is 1.10. The minimum Gasteiger partial charge on any atom is -0.493 e. The lowest BCUT2D eigenvalue weighted by molar-refractivity contribution is -0.139. The molecule has 3 unspecified atom stereocenters. The fraction of sp³-hybridized carbons (Fsp3) is 0.556. The van der Waals surface area contributed by atoms with Crippen molar-refractivity contribution >= 4 is 57.1 Å². The first-order chi connectivity index (χ1) is 19.1. The minimum absolute atomic E-state index is 0.0223. The number of methoxy groups -OCH3 is 2. The topological polar surface area (TPSA) is 143 Å². The maximum Gasteiger partial charge on any atom is 0.248 e. The zero-order chi connectivity index (χ0) is 29.0. The van der Waals surface area contributed by atoms with Crippen LogP contribution < -0.4 is 25.0 Å². The quantitative estimate of drug-likeness (QED) is 0.454. The molecule has 2 N–H and O–H groups in total. The van der Waals surface area contributed by atoms with Crippen LogP contribution in [0.5, 0.6) is 11.5 Å². The molecule has 216 valence electrons. The summed E-state index contributed by atoms with van der Waals surface area (Å²) in [6, 6.07) is 2.29. The van der Waals surface area contributed by atoms with E-state index < -0.39 is 18.0 Å².